The predicted octanol–water partition coefficient (Wildman–Crippen LogP) is 0.182. The van der Waals surface area contributed by atoms with Crippen LogP contribution in [0.25, 0.3) is 0 Å². The van der Waals surface area contributed by atoms with Crippen LogP contribution in [-0.4, -0.2) is 47.3 Å². The molecule has 2 saturated heterocycles. The Morgan fingerprint density at radius 2 is 1.91 bits per heavy atom. The molecule has 0 saturated carbocycles. The smallest absolute Gasteiger partial charge is 0.251 e. The zero-order chi connectivity index (χ0) is 16.7. The molecule has 0 radical (unpaired) electrons. The topological polar surface area (TPSA) is 78.5 Å². The fraction of sp³-hybridized carbons (Fsp3) is 0.400. The summed E-state index contributed by atoms with van der Waals surface area (Å²) in [5.41, 5.74) is -0.142. The molecule has 2 N–H and O–H groups in total. The van der Waals surface area contributed by atoms with Crippen LogP contribution < -0.4 is 10.6 Å². The average molecular weight is 323 g/mol. The third kappa shape index (κ3) is 2.88. The molecule has 2 aliphatic heterocycles. The molecule has 8 heteroatoms. The maximum Gasteiger partial charge on any atom is 0.251 e. The normalized spacial score (nSPS) is 26.7. The van der Waals surface area contributed by atoms with Crippen LogP contribution in [-0.2, 0) is 9.59 Å². The standard InChI is InChI=1S/C15H15F2N3O3/c1-7-15(23)20-6-11(5-12(20)14(22)18-7)19-13(21)8-2-9(16)4-10(17)3-8/h2-4,7,11-12H,5-6H2,1H3,(H,18,22)(H,19,21)/t7-,11+,12+/m1/s1. The molecule has 122 valence electrons. The number of benzene rings is 1. The van der Waals surface area contributed by atoms with Crippen LogP contribution >= 0.6 is 0 Å². The lowest BCUT2D eigenvalue weighted by molar-refractivity contribution is -0.146. The van der Waals surface area contributed by atoms with Gasteiger partial charge in [-0.2, -0.15) is 0 Å². The summed E-state index contributed by atoms with van der Waals surface area (Å²) in [7, 11) is 0. The summed E-state index contributed by atoms with van der Waals surface area (Å²) in [6.07, 6.45) is 0.272. The Kier molecular flexibility index (Phi) is 3.75. The first-order valence-corrected chi connectivity index (χ1v) is 7.23. The number of carbonyl (C=O) groups is 3. The number of fused-ring (bicyclic) bond motifs is 1. The number of carbonyl (C=O) groups excluding carboxylic acids is 3. The van der Waals surface area contributed by atoms with E-state index in [0.29, 0.717) is 6.07 Å². The van der Waals surface area contributed by atoms with Crippen molar-refractivity contribution in [1.29, 1.82) is 0 Å². The van der Waals surface area contributed by atoms with Crippen molar-refractivity contribution in [3.8, 4) is 0 Å². The highest BCUT2D eigenvalue weighted by Crippen LogP contribution is 2.23. The van der Waals surface area contributed by atoms with Gasteiger partial charge in [0, 0.05) is 24.2 Å². The summed E-state index contributed by atoms with van der Waals surface area (Å²) in [6, 6.07) is 0.885. The first-order chi connectivity index (χ1) is 10.8. The molecular formula is C15H15F2N3O3. The number of nitrogens with one attached hydrogen (secondary N) is 2. The van der Waals surface area contributed by atoms with Crippen molar-refractivity contribution >= 4 is 17.7 Å². The molecule has 1 aromatic carbocycles. The quantitative estimate of drug-likeness (QED) is 0.815. The summed E-state index contributed by atoms with van der Waals surface area (Å²) in [5.74, 6) is -2.80. The fourth-order valence-corrected chi connectivity index (χ4v) is 3.01. The van der Waals surface area contributed by atoms with Crippen LogP contribution in [0, 0.1) is 11.6 Å². The fourth-order valence-electron chi connectivity index (χ4n) is 3.01. The lowest BCUT2D eigenvalue weighted by Crippen LogP contribution is -2.60. The molecule has 0 spiro atoms. The number of nitrogens with zero attached hydrogens (tertiary/aromatic N) is 1. The Morgan fingerprint density at radius 3 is 2.57 bits per heavy atom. The minimum Gasteiger partial charge on any atom is -0.347 e. The largest absolute Gasteiger partial charge is 0.347 e. The van der Waals surface area contributed by atoms with Gasteiger partial charge < -0.3 is 15.5 Å². The van der Waals surface area contributed by atoms with Crippen LogP contribution in [0.2, 0.25) is 0 Å². The van der Waals surface area contributed by atoms with Crippen LogP contribution in [0.1, 0.15) is 23.7 Å². The van der Waals surface area contributed by atoms with Gasteiger partial charge in [-0.1, -0.05) is 0 Å². The molecule has 0 bridgehead atoms. The van der Waals surface area contributed by atoms with E-state index in [1.54, 1.807) is 6.92 Å². The molecule has 3 rings (SSSR count). The average Bonchev–Trinajstić information content (AvgIpc) is 2.88. The van der Waals surface area contributed by atoms with Gasteiger partial charge in [-0.25, -0.2) is 8.78 Å². The highest BCUT2D eigenvalue weighted by molar-refractivity contribution is 5.98. The number of piperazine rings is 1. The van der Waals surface area contributed by atoms with Gasteiger partial charge in [-0.05, 0) is 25.5 Å². The Balaban J connectivity index is 1.71. The van der Waals surface area contributed by atoms with Gasteiger partial charge in [0.05, 0.1) is 0 Å². The number of amides is 3. The molecule has 6 nitrogen and oxygen atoms in total. The molecule has 0 aliphatic carbocycles. The second-order valence-corrected chi connectivity index (χ2v) is 5.80. The van der Waals surface area contributed by atoms with Gasteiger partial charge in [0.25, 0.3) is 5.91 Å². The zero-order valence-electron chi connectivity index (χ0n) is 12.3. The second kappa shape index (κ2) is 5.60. The molecule has 2 heterocycles. The molecule has 0 aromatic heterocycles. The third-order valence-electron chi connectivity index (χ3n) is 4.08. The summed E-state index contributed by atoms with van der Waals surface area (Å²) in [5, 5.41) is 5.19. The van der Waals surface area contributed by atoms with E-state index in [1.165, 1.54) is 4.90 Å². The molecule has 23 heavy (non-hydrogen) atoms. The Bertz CT molecular complexity index is 674. The summed E-state index contributed by atoms with van der Waals surface area (Å²) < 4.78 is 26.3. The number of rotatable bonds is 2. The Morgan fingerprint density at radius 1 is 1.26 bits per heavy atom. The molecule has 0 unspecified atom stereocenters. The van der Waals surface area contributed by atoms with Crippen LogP contribution in [0.3, 0.4) is 0 Å². The van der Waals surface area contributed by atoms with Crippen molar-refractivity contribution < 1.29 is 23.2 Å². The zero-order valence-corrected chi connectivity index (χ0v) is 12.3. The van der Waals surface area contributed by atoms with Crippen molar-refractivity contribution in [2.75, 3.05) is 6.54 Å². The van der Waals surface area contributed by atoms with E-state index in [4.69, 9.17) is 0 Å². The Hall–Kier alpha value is -2.51. The molecule has 2 aliphatic rings. The number of halogens is 2. The van der Waals surface area contributed by atoms with Crippen molar-refractivity contribution in [3.63, 3.8) is 0 Å². The van der Waals surface area contributed by atoms with E-state index in [-0.39, 0.29) is 30.3 Å². The van der Waals surface area contributed by atoms with Crippen LogP contribution in [0.5, 0.6) is 0 Å². The van der Waals surface area contributed by atoms with Crippen molar-refractivity contribution in [3.05, 3.63) is 35.4 Å². The van der Waals surface area contributed by atoms with Crippen LogP contribution in [0.15, 0.2) is 18.2 Å². The van der Waals surface area contributed by atoms with E-state index in [9.17, 15) is 23.2 Å². The molecule has 3 atom stereocenters. The van der Waals surface area contributed by atoms with Gasteiger partial charge in [0.2, 0.25) is 11.8 Å². The Labute approximate surface area is 130 Å². The summed E-state index contributed by atoms with van der Waals surface area (Å²) >= 11 is 0. The maximum atomic E-state index is 13.2. The van der Waals surface area contributed by atoms with E-state index in [0.717, 1.165) is 12.1 Å². The number of hydrogen-bond donors (Lipinski definition) is 2. The highest BCUT2D eigenvalue weighted by atomic mass is 19.1. The van der Waals surface area contributed by atoms with Gasteiger partial charge in [0.1, 0.15) is 23.7 Å². The van der Waals surface area contributed by atoms with Crippen molar-refractivity contribution in [2.45, 2.75) is 31.5 Å². The van der Waals surface area contributed by atoms with E-state index < -0.39 is 35.7 Å². The molecule has 3 amide bonds. The van der Waals surface area contributed by atoms with E-state index >= 15 is 0 Å². The maximum absolute atomic E-state index is 13.2. The van der Waals surface area contributed by atoms with Crippen molar-refractivity contribution in [2.24, 2.45) is 0 Å². The van der Waals surface area contributed by atoms with Crippen LogP contribution in [0.4, 0.5) is 8.78 Å². The van der Waals surface area contributed by atoms with Gasteiger partial charge in [-0.15, -0.1) is 0 Å². The predicted molar refractivity (Wildman–Crippen MR) is 75.3 cm³/mol. The lowest BCUT2D eigenvalue weighted by atomic mass is 10.1. The summed E-state index contributed by atoms with van der Waals surface area (Å²) in [4.78, 5) is 37.5. The molecular weight excluding hydrogens is 308 g/mol. The van der Waals surface area contributed by atoms with Crippen molar-refractivity contribution in [1.82, 2.24) is 15.5 Å². The lowest BCUT2D eigenvalue weighted by Gasteiger charge is -2.32. The molecule has 1 aromatic rings. The number of hydrogen-bond acceptors (Lipinski definition) is 3. The highest BCUT2D eigenvalue weighted by Gasteiger charge is 2.45. The second-order valence-electron chi connectivity index (χ2n) is 5.80. The first-order valence-electron chi connectivity index (χ1n) is 7.23. The monoisotopic (exact) mass is 323 g/mol. The minimum absolute atomic E-state index is 0.142. The van der Waals surface area contributed by atoms with Gasteiger partial charge in [-0.3, -0.25) is 14.4 Å². The van der Waals surface area contributed by atoms with E-state index in [1.807, 2.05) is 0 Å². The third-order valence-corrected chi connectivity index (χ3v) is 4.08. The SMILES string of the molecule is C[C@H]1NC(=O)[C@@H]2C[C@H](NC(=O)c3cc(F)cc(F)c3)CN2C1=O. The molecule has 2 fully saturated rings. The van der Waals surface area contributed by atoms with Gasteiger partial charge in [0.15, 0.2) is 0 Å². The van der Waals surface area contributed by atoms with E-state index in [2.05, 4.69) is 10.6 Å². The first kappa shape index (κ1) is 15.4. The minimum atomic E-state index is -0.845. The van der Waals surface area contributed by atoms with Gasteiger partial charge >= 0.3 is 0 Å². The summed E-state index contributed by atoms with van der Waals surface area (Å²) in [6.45, 7) is 1.79.